The second kappa shape index (κ2) is 11.9. The van der Waals surface area contributed by atoms with Gasteiger partial charge in [-0.15, -0.1) is 0 Å². The number of carbonyl (C=O) groups is 3. The van der Waals surface area contributed by atoms with Crippen molar-refractivity contribution in [3.8, 4) is 0 Å². The summed E-state index contributed by atoms with van der Waals surface area (Å²) in [7, 11) is 0. The van der Waals surface area contributed by atoms with Gasteiger partial charge in [0.1, 0.15) is 11.4 Å². The normalized spacial score (nSPS) is 17.9. The molecule has 35 heavy (non-hydrogen) atoms. The predicted molar refractivity (Wildman–Crippen MR) is 139 cm³/mol. The summed E-state index contributed by atoms with van der Waals surface area (Å²) < 4.78 is 6.00. The SMILES string of the molecule is CC(C)(C)OC(=O)NC1CCC(NC(=O)c2cccc(Br)c2CC(=O)Nc2ccc(Cl)cn2)CC1. The van der Waals surface area contributed by atoms with E-state index in [9.17, 15) is 14.4 Å². The van der Waals surface area contributed by atoms with Gasteiger partial charge in [-0.3, -0.25) is 9.59 Å². The van der Waals surface area contributed by atoms with E-state index in [1.165, 1.54) is 6.20 Å². The van der Waals surface area contributed by atoms with Crippen molar-refractivity contribution in [2.45, 2.75) is 70.6 Å². The Kier molecular flexibility index (Phi) is 9.13. The minimum atomic E-state index is -0.543. The summed E-state index contributed by atoms with van der Waals surface area (Å²) in [4.78, 5) is 41.8. The first-order valence-electron chi connectivity index (χ1n) is 11.5. The Balaban J connectivity index is 1.56. The number of hydrogen-bond acceptors (Lipinski definition) is 5. The van der Waals surface area contributed by atoms with Crippen molar-refractivity contribution in [2.24, 2.45) is 0 Å². The molecule has 188 valence electrons. The lowest BCUT2D eigenvalue weighted by Crippen LogP contribution is -2.45. The number of aromatic nitrogens is 1. The second-order valence-electron chi connectivity index (χ2n) is 9.52. The number of carbonyl (C=O) groups excluding carboxylic acids is 3. The van der Waals surface area contributed by atoms with E-state index >= 15 is 0 Å². The molecule has 0 aliphatic heterocycles. The standard InChI is InChI=1S/C25H30BrClN4O4/c1-25(2,3)35-24(34)30-17-10-8-16(9-11-17)29-23(33)18-5-4-6-20(26)19(18)13-22(32)31-21-12-7-15(27)14-28-21/h4-7,12,14,16-17H,8-11,13H2,1-3H3,(H,29,33)(H,30,34)(H,28,31,32). The van der Waals surface area contributed by atoms with Crippen LogP contribution in [-0.4, -0.2) is 40.6 Å². The summed E-state index contributed by atoms with van der Waals surface area (Å²) in [5.41, 5.74) is 0.489. The Morgan fingerprint density at radius 1 is 1.06 bits per heavy atom. The van der Waals surface area contributed by atoms with Gasteiger partial charge >= 0.3 is 6.09 Å². The zero-order valence-corrected chi connectivity index (χ0v) is 22.3. The molecule has 2 aromatic rings. The first kappa shape index (κ1) is 26.9. The molecule has 0 saturated heterocycles. The molecule has 3 rings (SSSR count). The van der Waals surface area contributed by atoms with E-state index in [-0.39, 0.29) is 30.3 Å². The Morgan fingerprint density at radius 3 is 2.31 bits per heavy atom. The van der Waals surface area contributed by atoms with Gasteiger partial charge in [0.15, 0.2) is 0 Å². The number of nitrogens with zero attached hydrogens (tertiary/aromatic N) is 1. The molecule has 3 amide bonds. The number of ether oxygens (including phenoxy) is 1. The number of nitrogens with one attached hydrogen (secondary N) is 3. The molecule has 1 fully saturated rings. The van der Waals surface area contributed by atoms with Crippen LogP contribution in [0.25, 0.3) is 0 Å². The Hall–Kier alpha value is -2.65. The van der Waals surface area contributed by atoms with E-state index < -0.39 is 11.7 Å². The number of benzene rings is 1. The van der Waals surface area contributed by atoms with Gasteiger partial charge in [0.25, 0.3) is 5.91 Å². The molecule has 1 heterocycles. The molecular formula is C25H30BrClN4O4. The third kappa shape index (κ3) is 8.50. The van der Waals surface area contributed by atoms with Gasteiger partial charge in [0.05, 0.1) is 11.4 Å². The van der Waals surface area contributed by atoms with Crippen molar-refractivity contribution in [3.05, 3.63) is 57.2 Å². The topological polar surface area (TPSA) is 109 Å². The number of amides is 3. The highest BCUT2D eigenvalue weighted by Gasteiger charge is 2.26. The van der Waals surface area contributed by atoms with Crippen LogP contribution >= 0.6 is 27.5 Å². The van der Waals surface area contributed by atoms with Crippen LogP contribution in [0.15, 0.2) is 41.0 Å². The number of alkyl carbamates (subject to hydrolysis) is 1. The minimum Gasteiger partial charge on any atom is -0.444 e. The highest BCUT2D eigenvalue weighted by atomic mass is 79.9. The molecule has 0 bridgehead atoms. The molecule has 1 aliphatic rings. The first-order valence-corrected chi connectivity index (χ1v) is 12.7. The maximum Gasteiger partial charge on any atom is 0.407 e. The van der Waals surface area contributed by atoms with E-state index in [2.05, 4.69) is 36.9 Å². The maximum absolute atomic E-state index is 13.1. The smallest absolute Gasteiger partial charge is 0.407 e. The number of halogens is 2. The van der Waals surface area contributed by atoms with Gasteiger partial charge in [-0.05, 0) is 76.3 Å². The average molecular weight is 566 g/mol. The molecule has 3 N–H and O–H groups in total. The summed E-state index contributed by atoms with van der Waals surface area (Å²) in [6.07, 6.45) is 3.98. The third-order valence-electron chi connectivity index (χ3n) is 5.48. The zero-order chi connectivity index (χ0) is 25.6. The quantitative estimate of drug-likeness (QED) is 0.444. The number of rotatable bonds is 6. The summed E-state index contributed by atoms with van der Waals surface area (Å²) in [6, 6.07) is 8.53. The van der Waals surface area contributed by atoms with Crippen LogP contribution in [-0.2, 0) is 16.0 Å². The highest BCUT2D eigenvalue weighted by molar-refractivity contribution is 9.10. The molecule has 1 saturated carbocycles. The van der Waals surface area contributed by atoms with E-state index in [0.29, 0.717) is 26.4 Å². The van der Waals surface area contributed by atoms with Crippen molar-refractivity contribution in [1.82, 2.24) is 15.6 Å². The monoisotopic (exact) mass is 564 g/mol. The first-order chi connectivity index (χ1) is 16.5. The van der Waals surface area contributed by atoms with Crippen LogP contribution in [0.5, 0.6) is 0 Å². The molecule has 10 heteroatoms. The van der Waals surface area contributed by atoms with Gasteiger partial charge in [0, 0.05) is 28.3 Å². The molecule has 0 unspecified atom stereocenters. The fourth-order valence-corrected chi connectivity index (χ4v) is 4.49. The zero-order valence-electron chi connectivity index (χ0n) is 20.0. The van der Waals surface area contributed by atoms with Gasteiger partial charge in [0.2, 0.25) is 5.91 Å². The van der Waals surface area contributed by atoms with Crippen molar-refractivity contribution in [3.63, 3.8) is 0 Å². The second-order valence-corrected chi connectivity index (χ2v) is 10.8. The Bertz CT molecular complexity index is 1060. The number of hydrogen-bond donors (Lipinski definition) is 3. The van der Waals surface area contributed by atoms with Gasteiger partial charge in [-0.2, -0.15) is 0 Å². The lowest BCUT2D eigenvalue weighted by Gasteiger charge is -2.30. The Morgan fingerprint density at radius 2 is 1.71 bits per heavy atom. The van der Waals surface area contributed by atoms with Gasteiger partial charge in [-0.1, -0.05) is 33.6 Å². The van der Waals surface area contributed by atoms with E-state index in [0.717, 1.165) is 25.7 Å². The van der Waals surface area contributed by atoms with Gasteiger partial charge < -0.3 is 20.7 Å². The van der Waals surface area contributed by atoms with Crippen molar-refractivity contribution in [2.75, 3.05) is 5.32 Å². The molecule has 0 atom stereocenters. The molecule has 0 radical (unpaired) electrons. The third-order valence-corrected chi connectivity index (χ3v) is 6.45. The van der Waals surface area contributed by atoms with Crippen molar-refractivity contribution >= 4 is 51.3 Å². The molecule has 1 aromatic heterocycles. The summed E-state index contributed by atoms with van der Waals surface area (Å²) >= 11 is 9.31. The van der Waals surface area contributed by atoms with Crippen LogP contribution in [0.4, 0.5) is 10.6 Å². The molecule has 8 nitrogen and oxygen atoms in total. The molecular weight excluding hydrogens is 536 g/mol. The summed E-state index contributed by atoms with van der Waals surface area (Å²) in [5.74, 6) is -0.147. The fourth-order valence-electron chi connectivity index (χ4n) is 3.87. The Labute approximate surface area is 218 Å². The van der Waals surface area contributed by atoms with Crippen LogP contribution in [0.3, 0.4) is 0 Å². The van der Waals surface area contributed by atoms with Crippen molar-refractivity contribution < 1.29 is 19.1 Å². The molecule has 0 spiro atoms. The van der Waals surface area contributed by atoms with Crippen LogP contribution in [0.2, 0.25) is 5.02 Å². The van der Waals surface area contributed by atoms with E-state index in [1.807, 2.05) is 20.8 Å². The molecule has 1 aliphatic carbocycles. The van der Waals surface area contributed by atoms with Gasteiger partial charge in [-0.25, -0.2) is 9.78 Å². The average Bonchev–Trinajstić information content (AvgIpc) is 2.76. The number of pyridine rings is 1. The fraction of sp³-hybridized carbons (Fsp3) is 0.440. The van der Waals surface area contributed by atoms with Crippen LogP contribution in [0, 0.1) is 0 Å². The minimum absolute atomic E-state index is 0.00102. The lowest BCUT2D eigenvalue weighted by molar-refractivity contribution is -0.115. The van der Waals surface area contributed by atoms with E-state index in [1.54, 1.807) is 30.3 Å². The maximum atomic E-state index is 13.1. The van der Waals surface area contributed by atoms with Crippen molar-refractivity contribution in [1.29, 1.82) is 0 Å². The van der Waals surface area contributed by atoms with Crippen LogP contribution in [0.1, 0.15) is 62.4 Å². The largest absolute Gasteiger partial charge is 0.444 e. The summed E-state index contributed by atoms with van der Waals surface area (Å²) in [6.45, 7) is 5.48. The van der Waals surface area contributed by atoms with E-state index in [4.69, 9.17) is 16.3 Å². The number of anilines is 1. The lowest BCUT2D eigenvalue weighted by atomic mass is 9.91. The summed E-state index contributed by atoms with van der Waals surface area (Å²) in [5, 5.41) is 9.18. The predicted octanol–water partition coefficient (Wildman–Crippen LogP) is 5.24. The van der Waals surface area contributed by atoms with Crippen LogP contribution < -0.4 is 16.0 Å². The highest BCUT2D eigenvalue weighted by Crippen LogP contribution is 2.24. The molecule has 1 aromatic carbocycles.